The number of nitrogens with one attached hydrogen (secondary N) is 2. The van der Waals surface area contributed by atoms with E-state index in [2.05, 4.69) is 20.6 Å². The fourth-order valence-corrected chi connectivity index (χ4v) is 2.92. The minimum Gasteiger partial charge on any atom is -0.354 e. The van der Waals surface area contributed by atoms with Crippen molar-refractivity contribution in [2.75, 3.05) is 7.05 Å². The smallest absolute Gasteiger partial charge is 0.191 e. The minimum atomic E-state index is -0.263. The number of imidazole rings is 1. The molecule has 0 bridgehead atoms. The van der Waals surface area contributed by atoms with Crippen molar-refractivity contribution in [1.82, 2.24) is 20.2 Å². The molecule has 1 fully saturated rings. The second-order valence-electron chi connectivity index (χ2n) is 5.81. The second-order valence-corrected chi connectivity index (χ2v) is 5.81. The maximum absolute atomic E-state index is 14.2. The molecule has 0 saturated heterocycles. The molecular weight excluding hydrogens is 293 g/mol. The molecule has 0 aliphatic heterocycles. The highest BCUT2D eigenvalue weighted by atomic mass is 19.1. The van der Waals surface area contributed by atoms with Crippen LogP contribution in [-0.2, 0) is 6.54 Å². The van der Waals surface area contributed by atoms with Crippen molar-refractivity contribution in [3.8, 4) is 5.69 Å². The standard InChI is InChI=1S/C17H22FN5/c1-19-17(22-14-4-2-3-5-14)21-11-13-6-7-16(15(18)10-13)23-9-8-20-12-23/h6-10,12,14H,2-5,11H2,1H3,(H2,19,21,22). The van der Waals surface area contributed by atoms with Crippen molar-refractivity contribution >= 4 is 5.96 Å². The summed E-state index contributed by atoms with van der Waals surface area (Å²) in [4.78, 5) is 8.18. The number of hydrogen-bond donors (Lipinski definition) is 2. The highest BCUT2D eigenvalue weighted by Gasteiger charge is 2.15. The van der Waals surface area contributed by atoms with Gasteiger partial charge in [0.15, 0.2) is 5.96 Å². The van der Waals surface area contributed by atoms with Crippen molar-refractivity contribution in [3.63, 3.8) is 0 Å². The third-order valence-electron chi connectivity index (χ3n) is 4.17. The van der Waals surface area contributed by atoms with Gasteiger partial charge in [-0.05, 0) is 30.5 Å². The number of nitrogens with zero attached hydrogens (tertiary/aromatic N) is 3. The molecule has 0 spiro atoms. The first-order valence-electron chi connectivity index (χ1n) is 8.00. The maximum Gasteiger partial charge on any atom is 0.191 e. The van der Waals surface area contributed by atoms with Crippen LogP contribution in [0, 0.1) is 5.82 Å². The van der Waals surface area contributed by atoms with Crippen molar-refractivity contribution < 1.29 is 4.39 Å². The molecule has 2 N–H and O–H groups in total. The van der Waals surface area contributed by atoms with Crippen LogP contribution in [0.25, 0.3) is 5.69 Å². The van der Waals surface area contributed by atoms with Crippen LogP contribution in [0.15, 0.2) is 41.9 Å². The molecule has 0 amide bonds. The summed E-state index contributed by atoms with van der Waals surface area (Å²) in [6, 6.07) is 5.72. The Morgan fingerprint density at radius 3 is 2.87 bits per heavy atom. The van der Waals surface area contributed by atoms with Crippen LogP contribution in [0.5, 0.6) is 0 Å². The highest BCUT2D eigenvalue weighted by Crippen LogP contribution is 2.17. The van der Waals surface area contributed by atoms with Crippen molar-refractivity contribution in [3.05, 3.63) is 48.3 Å². The van der Waals surface area contributed by atoms with Crippen molar-refractivity contribution in [2.45, 2.75) is 38.3 Å². The van der Waals surface area contributed by atoms with Crippen molar-refractivity contribution in [2.24, 2.45) is 4.99 Å². The lowest BCUT2D eigenvalue weighted by molar-refractivity contribution is 0.608. The van der Waals surface area contributed by atoms with E-state index in [9.17, 15) is 4.39 Å². The maximum atomic E-state index is 14.2. The first-order chi connectivity index (χ1) is 11.3. The zero-order valence-corrected chi connectivity index (χ0v) is 13.3. The first-order valence-corrected chi connectivity index (χ1v) is 8.00. The molecule has 0 atom stereocenters. The molecule has 0 unspecified atom stereocenters. The lowest BCUT2D eigenvalue weighted by Gasteiger charge is -2.17. The van der Waals surface area contributed by atoms with Gasteiger partial charge in [-0.25, -0.2) is 9.37 Å². The third-order valence-corrected chi connectivity index (χ3v) is 4.17. The fourth-order valence-electron chi connectivity index (χ4n) is 2.92. The minimum absolute atomic E-state index is 0.263. The van der Waals surface area contributed by atoms with Gasteiger partial charge in [-0.2, -0.15) is 0 Å². The van der Waals surface area contributed by atoms with Crippen LogP contribution in [-0.4, -0.2) is 28.6 Å². The van der Waals surface area contributed by atoms with Crippen LogP contribution in [0.4, 0.5) is 4.39 Å². The van der Waals surface area contributed by atoms with E-state index in [1.807, 2.05) is 6.07 Å². The molecule has 0 radical (unpaired) electrons. The zero-order valence-electron chi connectivity index (χ0n) is 13.3. The van der Waals surface area contributed by atoms with E-state index in [4.69, 9.17) is 0 Å². The van der Waals surface area contributed by atoms with E-state index in [-0.39, 0.29) is 5.82 Å². The topological polar surface area (TPSA) is 54.2 Å². The van der Waals surface area contributed by atoms with Gasteiger partial charge in [0.05, 0.1) is 12.0 Å². The van der Waals surface area contributed by atoms with E-state index in [1.54, 1.807) is 42.5 Å². The molecule has 1 aromatic heterocycles. The molecule has 1 aromatic carbocycles. The summed E-state index contributed by atoms with van der Waals surface area (Å²) in [7, 11) is 1.76. The molecule has 1 heterocycles. The van der Waals surface area contributed by atoms with Gasteiger partial charge in [-0.3, -0.25) is 4.99 Å². The Labute approximate surface area is 135 Å². The zero-order chi connectivity index (χ0) is 16.1. The summed E-state index contributed by atoms with van der Waals surface area (Å²) in [5, 5.41) is 6.66. The number of aliphatic imine (C=N–C) groups is 1. The Balaban J connectivity index is 1.60. The van der Waals surface area contributed by atoms with Gasteiger partial charge < -0.3 is 15.2 Å². The van der Waals surface area contributed by atoms with Gasteiger partial charge in [0.2, 0.25) is 0 Å². The summed E-state index contributed by atoms with van der Waals surface area (Å²) >= 11 is 0. The number of hydrogen-bond acceptors (Lipinski definition) is 2. The van der Waals surface area contributed by atoms with Crippen LogP contribution in [0.2, 0.25) is 0 Å². The van der Waals surface area contributed by atoms with Crippen molar-refractivity contribution in [1.29, 1.82) is 0 Å². The van der Waals surface area contributed by atoms with E-state index in [0.717, 1.165) is 11.5 Å². The van der Waals surface area contributed by atoms with Gasteiger partial charge in [0, 0.05) is 32.0 Å². The summed E-state index contributed by atoms with van der Waals surface area (Å²) in [5.41, 5.74) is 1.38. The number of halogens is 1. The average Bonchev–Trinajstić information content (AvgIpc) is 3.25. The largest absolute Gasteiger partial charge is 0.354 e. The van der Waals surface area contributed by atoms with Gasteiger partial charge in [-0.1, -0.05) is 18.9 Å². The normalized spacial score (nSPS) is 15.8. The third kappa shape index (κ3) is 3.88. The Bertz CT molecular complexity index is 660. The van der Waals surface area contributed by atoms with E-state index >= 15 is 0 Å². The van der Waals surface area contributed by atoms with Crippen LogP contribution < -0.4 is 10.6 Å². The van der Waals surface area contributed by atoms with Gasteiger partial charge >= 0.3 is 0 Å². The highest BCUT2D eigenvalue weighted by molar-refractivity contribution is 5.79. The Hall–Kier alpha value is -2.37. The molecule has 6 heteroatoms. The number of aromatic nitrogens is 2. The number of guanidine groups is 1. The van der Waals surface area contributed by atoms with Crippen LogP contribution in [0.1, 0.15) is 31.2 Å². The average molecular weight is 315 g/mol. The number of rotatable bonds is 4. The van der Waals surface area contributed by atoms with Gasteiger partial charge in [0.25, 0.3) is 0 Å². The first kappa shape index (κ1) is 15.5. The van der Waals surface area contributed by atoms with Crippen LogP contribution in [0.3, 0.4) is 0 Å². The quantitative estimate of drug-likeness (QED) is 0.673. The molecule has 5 nitrogen and oxygen atoms in total. The van der Waals surface area contributed by atoms with E-state index in [0.29, 0.717) is 18.3 Å². The SMILES string of the molecule is CN=C(NCc1ccc(-n2ccnc2)c(F)c1)NC1CCCC1. The Morgan fingerprint density at radius 2 is 2.22 bits per heavy atom. The summed E-state index contributed by atoms with van der Waals surface area (Å²) in [6.45, 7) is 0.535. The molecule has 122 valence electrons. The predicted molar refractivity (Wildman–Crippen MR) is 89.1 cm³/mol. The molecule has 23 heavy (non-hydrogen) atoms. The number of benzene rings is 1. The Kier molecular flexibility index (Phi) is 4.90. The molecule has 3 rings (SSSR count). The second kappa shape index (κ2) is 7.26. The molecular formula is C17H22FN5. The van der Waals surface area contributed by atoms with Gasteiger partial charge in [-0.15, -0.1) is 0 Å². The summed E-state index contributed by atoms with van der Waals surface area (Å²) < 4.78 is 15.9. The molecule has 1 saturated carbocycles. The molecule has 1 aliphatic rings. The summed E-state index contributed by atoms with van der Waals surface area (Å²) in [6.07, 6.45) is 9.87. The van der Waals surface area contributed by atoms with Gasteiger partial charge in [0.1, 0.15) is 5.82 Å². The summed E-state index contributed by atoms with van der Waals surface area (Å²) in [5.74, 6) is 0.511. The van der Waals surface area contributed by atoms with Crippen LogP contribution >= 0.6 is 0 Å². The predicted octanol–water partition coefficient (Wildman–Crippen LogP) is 2.62. The lowest BCUT2D eigenvalue weighted by Crippen LogP contribution is -2.41. The fraction of sp³-hybridized carbons (Fsp3) is 0.412. The molecule has 1 aliphatic carbocycles. The van der Waals surface area contributed by atoms with E-state index < -0.39 is 0 Å². The molecule has 2 aromatic rings. The lowest BCUT2D eigenvalue weighted by atomic mass is 10.2. The van der Waals surface area contributed by atoms with E-state index in [1.165, 1.54) is 25.7 Å². The monoisotopic (exact) mass is 315 g/mol. The Morgan fingerprint density at radius 1 is 1.39 bits per heavy atom.